The van der Waals surface area contributed by atoms with Crippen molar-refractivity contribution in [3.8, 4) is 11.5 Å². The number of methoxy groups -OCH3 is 2. The molecule has 3 aromatic carbocycles. The summed E-state index contributed by atoms with van der Waals surface area (Å²) in [6.45, 7) is 0. The van der Waals surface area contributed by atoms with Gasteiger partial charge in [0.25, 0.3) is 0 Å². The molecular weight excluding hydrogens is 248 g/mol. The highest BCUT2D eigenvalue weighted by atomic mass is 16.5. The number of rotatable bonds is 2. The monoisotopic (exact) mass is 266 g/mol. The van der Waals surface area contributed by atoms with E-state index in [0.29, 0.717) is 0 Å². The van der Waals surface area contributed by atoms with Gasteiger partial charge in [-0.15, -0.1) is 0 Å². The molecule has 0 saturated heterocycles. The van der Waals surface area contributed by atoms with Crippen molar-refractivity contribution in [2.75, 3.05) is 14.2 Å². The summed E-state index contributed by atoms with van der Waals surface area (Å²) in [5.74, 6) is 1.82. The molecule has 0 aliphatic carbocycles. The Labute approximate surface area is 119 Å². The standard InChI is InChI=1S/C11H10O.C7H8O/c1-12-11-7-6-9-4-2-3-5-10(9)8-11;1-8-7-5-3-2-4-6-7/h2-8H,1H3;2-6H,1H3. The quantitative estimate of drug-likeness (QED) is 0.677. The number of para-hydroxylation sites is 1. The molecule has 3 aromatic rings. The lowest BCUT2D eigenvalue weighted by Gasteiger charge is -2.00. The lowest BCUT2D eigenvalue weighted by molar-refractivity contribution is 0.415. The molecule has 3 rings (SSSR count). The van der Waals surface area contributed by atoms with Crippen LogP contribution in [0.25, 0.3) is 10.8 Å². The minimum atomic E-state index is 0.910. The van der Waals surface area contributed by atoms with E-state index in [0.717, 1.165) is 11.5 Å². The average Bonchev–Trinajstić information content (AvgIpc) is 2.55. The number of fused-ring (bicyclic) bond motifs is 1. The molecule has 0 radical (unpaired) electrons. The van der Waals surface area contributed by atoms with Gasteiger partial charge in [0.2, 0.25) is 0 Å². The normalized spacial score (nSPS) is 9.50. The molecular formula is C18H18O2. The second-order valence-corrected chi connectivity index (χ2v) is 4.23. The van der Waals surface area contributed by atoms with Gasteiger partial charge in [-0.1, -0.05) is 48.5 Å². The van der Waals surface area contributed by atoms with Crippen molar-refractivity contribution in [2.45, 2.75) is 0 Å². The van der Waals surface area contributed by atoms with E-state index in [1.807, 2.05) is 54.6 Å². The zero-order chi connectivity index (χ0) is 14.2. The summed E-state index contributed by atoms with van der Waals surface area (Å²) in [7, 11) is 3.35. The molecule has 0 heterocycles. The summed E-state index contributed by atoms with van der Waals surface area (Å²) in [5, 5.41) is 2.47. The molecule has 20 heavy (non-hydrogen) atoms. The maximum Gasteiger partial charge on any atom is 0.119 e. The number of ether oxygens (including phenoxy) is 2. The first kappa shape index (κ1) is 13.9. The van der Waals surface area contributed by atoms with Crippen molar-refractivity contribution in [1.82, 2.24) is 0 Å². The van der Waals surface area contributed by atoms with Crippen molar-refractivity contribution in [2.24, 2.45) is 0 Å². The molecule has 0 unspecified atom stereocenters. The van der Waals surface area contributed by atoms with Gasteiger partial charge in [-0.2, -0.15) is 0 Å². The van der Waals surface area contributed by atoms with Crippen molar-refractivity contribution >= 4 is 10.8 Å². The van der Waals surface area contributed by atoms with Gasteiger partial charge >= 0.3 is 0 Å². The first-order chi connectivity index (χ1) is 9.83. The van der Waals surface area contributed by atoms with Crippen LogP contribution in [-0.4, -0.2) is 14.2 Å². The topological polar surface area (TPSA) is 18.5 Å². The van der Waals surface area contributed by atoms with Gasteiger partial charge in [0.1, 0.15) is 11.5 Å². The van der Waals surface area contributed by atoms with E-state index in [1.54, 1.807) is 14.2 Å². The molecule has 2 heteroatoms. The van der Waals surface area contributed by atoms with E-state index in [4.69, 9.17) is 9.47 Å². The molecule has 0 amide bonds. The van der Waals surface area contributed by atoms with Crippen LogP contribution in [0, 0.1) is 0 Å². The maximum absolute atomic E-state index is 5.12. The Kier molecular flexibility index (Phi) is 5.01. The number of benzene rings is 3. The van der Waals surface area contributed by atoms with Crippen molar-refractivity contribution < 1.29 is 9.47 Å². The summed E-state index contributed by atoms with van der Waals surface area (Å²) in [6, 6.07) is 24.0. The zero-order valence-electron chi connectivity index (χ0n) is 11.7. The molecule has 0 fully saturated rings. The van der Waals surface area contributed by atoms with E-state index < -0.39 is 0 Å². The number of hydrogen-bond acceptors (Lipinski definition) is 2. The Morgan fingerprint density at radius 1 is 0.550 bits per heavy atom. The summed E-state index contributed by atoms with van der Waals surface area (Å²) in [6.07, 6.45) is 0. The van der Waals surface area contributed by atoms with E-state index in [1.165, 1.54) is 10.8 Å². The fourth-order valence-electron chi connectivity index (χ4n) is 1.85. The molecule has 102 valence electrons. The molecule has 0 aromatic heterocycles. The minimum absolute atomic E-state index is 0.910. The highest BCUT2D eigenvalue weighted by molar-refractivity contribution is 5.83. The van der Waals surface area contributed by atoms with Crippen molar-refractivity contribution in [3.63, 3.8) is 0 Å². The Morgan fingerprint density at radius 2 is 1.15 bits per heavy atom. The van der Waals surface area contributed by atoms with Crippen LogP contribution in [0.15, 0.2) is 72.8 Å². The van der Waals surface area contributed by atoms with Crippen LogP contribution in [0.5, 0.6) is 11.5 Å². The SMILES string of the molecule is COc1ccc2ccccc2c1.COc1ccccc1. The first-order valence-corrected chi connectivity index (χ1v) is 6.45. The van der Waals surface area contributed by atoms with Crippen LogP contribution in [0.1, 0.15) is 0 Å². The predicted molar refractivity (Wildman–Crippen MR) is 83.5 cm³/mol. The van der Waals surface area contributed by atoms with Gasteiger partial charge in [0, 0.05) is 0 Å². The van der Waals surface area contributed by atoms with Gasteiger partial charge in [-0.25, -0.2) is 0 Å². The minimum Gasteiger partial charge on any atom is -0.497 e. The molecule has 0 saturated carbocycles. The summed E-state index contributed by atoms with van der Waals surface area (Å²) < 4.78 is 10.0. The van der Waals surface area contributed by atoms with E-state index in [-0.39, 0.29) is 0 Å². The van der Waals surface area contributed by atoms with Crippen LogP contribution in [0.4, 0.5) is 0 Å². The van der Waals surface area contributed by atoms with Gasteiger partial charge in [-0.3, -0.25) is 0 Å². The summed E-state index contributed by atoms with van der Waals surface area (Å²) in [4.78, 5) is 0. The van der Waals surface area contributed by atoms with E-state index in [2.05, 4.69) is 18.2 Å². The third-order valence-electron chi connectivity index (χ3n) is 2.94. The van der Waals surface area contributed by atoms with Gasteiger partial charge in [0.05, 0.1) is 14.2 Å². The smallest absolute Gasteiger partial charge is 0.119 e. The molecule has 2 nitrogen and oxygen atoms in total. The molecule has 0 atom stereocenters. The second-order valence-electron chi connectivity index (χ2n) is 4.23. The first-order valence-electron chi connectivity index (χ1n) is 6.45. The lowest BCUT2D eigenvalue weighted by atomic mass is 10.1. The van der Waals surface area contributed by atoms with E-state index in [9.17, 15) is 0 Å². The Hall–Kier alpha value is -2.48. The largest absolute Gasteiger partial charge is 0.497 e. The number of hydrogen-bond donors (Lipinski definition) is 0. The third kappa shape index (κ3) is 3.75. The third-order valence-corrected chi connectivity index (χ3v) is 2.94. The van der Waals surface area contributed by atoms with Crippen LogP contribution in [0.2, 0.25) is 0 Å². The second kappa shape index (κ2) is 7.19. The van der Waals surface area contributed by atoms with Gasteiger partial charge in [-0.05, 0) is 35.0 Å². The van der Waals surface area contributed by atoms with Crippen molar-refractivity contribution in [1.29, 1.82) is 0 Å². The highest BCUT2D eigenvalue weighted by Gasteiger charge is 1.93. The van der Waals surface area contributed by atoms with E-state index >= 15 is 0 Å². The average molecular weight is 266 g/mol. The fraction of sp³-hybridized carbons (Fsp3) is 0.111. The Balaban J connectivity index is 0.000000160. The fourth-order valence-corrected chi connectivity index (χ4v) is 1.85. The molecule has 0 N–H and O–H groups in total. The molecule has 0 spiro atoms. The Morgan fingerprint density at radius 3 is 1.75 bits per heavy atom. The maximum atomic E-state index is 5.12. The zero-order valence-corrected chi connectivity index (χ0v) is 11.7. The lowest BCUT2D eigenvalue weighted by Crippen LogP contribution is -1.81. The highest BCUT2D eigenvalue weighted by Crippen LogP contribution is 2.19. The molecule has 0 bridgehead atoms. The van der Waals surface area contributed by atoms with Crippen LogP contribution >= 0.6 is 0 Å². The van der Waals surface area contributed by atoms with Gasteiger partial charge in [0.15, 0.2) is 0 Å². The Bertz CT molecular complexity index is 648. The predicted octanol–water partition coefficient (Wildman–Crippen LogP) is 4.54. The van der Waals surface area contributed by atoms with Crippen molar-refractivity contribution in [3.05, 3.63) is 72.8 Å². The molecule has 0 aliphatic heterocycles. The van der Waals surface area contributed by atoms with Gasteiger partial charge < -0.3 is 9.47 Å². The summed E-state index contributed by atoms with van der Waals surface area (Å²) >= 11 is 0. The van der Waals surface area contributed by atoms with Crippen LogP contribution < -0.4 is 9.47 Å². The molecule has 0 aliphatic rings. The summed E-state index contributed by atoms with van der Waals surface area (Å²) in [5.41, 5.74) is 0. The van der Waals surface area contributed by atoms with Crippen LogP contribution in [-0.2, 0) is 0 Å². The van der Waals surface area contributed by atoms with Crippen LogP contribution in [0.3, 0.4) is 0 Å².